The third-order valence-electron chi connectivity index (χ3n) is 4.32. The summed E-state index contributed by atoms with van der Waals surface area (Å²) in [6.45, 7) is 5.65. The molecule has 0 aromatic heterocycles. The average molecular weight is 290 g/mol. The van der Waals surface area contributed by atoms with Crippen molar-refractivity contribution in [2.45, 2.75) is 45.1 Å². The smallest absolute Gasteiger partial charge is 0.251 e. The van der Waals surface area contributed by atoms with E-state index in [9.17, 15) is 4.79 Å². The minimum Gasteiger partial charge on any atom is -0.385 e. The molecule has 2 rings (SSSR count). The molecule has 1 fully saturated rings. The molecule has 116 valence electrons. The fourth-order valence-electron chi connectivity index (χ4n) is 2.66. The first-order chi connectivity index (χ1) is 10.1. The molecule has 1 aromatic rings. The van der Waals surface area contributed by atoms with Crippen LogP contribution < -0.4 is 10.6 Å². The van der Waals surface area contributed by atoms with Crippen molar-refractivity contribution in [3.05, 3.63) is 29.3 Å². The molecule has 21 heavy (non-hydrogen) atoms. The Morgan fingerprint density at radius 3 is 2.67 bits per heavy atom. The third-order valence-corrected chi connectivity index (χ3v) is 4.32. The Kier molecular flexibility index (Phi) is 5.23. The zero-order chi connectivity index (χ0) is 15.3. The zero-order valence-electron chi connectivity index (χ0n) is 13.3. The lowest BCUT2D eigenvalue weighted by Crippen LogP contribution is -2.49. The van der Waals surface area contributed by atoms with Crippen molar-refractivity contribution in [1.82, 2.24) is 5.32 Å². The highest BCUT2D eigenvalue weighted by Crippen LogP contribution is 2.34. The van der Waals surface area contributed by atoms with E-state index < -0.39 is 0 Å². The van der Waals surface area contributed by atoms with Gasteiger partial charge in [0.2, 0.25) is 0 Å². The van der Waals surface area contributed by atoms with Crippen LogP contribution in [0, 0.1) is 6.92 Å². The van der Waals surface area contributed by atoms with E-state index in [1.54, 1.807) is 7.11 Å². The number of amides is 1. The van der Waals surface area contributed by atoms with Gasteiger partial charge in [-0.2, -0.15) is 0 Å². The predicted octanol–water partition coefficient (Wildman–Crippen LogP) is 3.12. The Morgan fingerprint density at radius 1 is 1.38 bits per heavy atom. The molecular weight excluding hydrogens is 264 g/mol. The molecule has 0 aliphatic heterocycles. The van der Waals surface area contributed by atoms with Gasteiger partial charge in [0.15, 0.2) is 0 Å². The van der Waals surface area contributed by atoms with Crippen LogP contribution in [0.15, 0.2) is 18.2 Å². The quantitative estimate of drug-likeness (QED) is 0.811. The molecule has 4 heteroatoms. The van der Waals surface area contributed by atoms with Crippen molar-refractivity contribution in [2.24, 2.45) is 0 Å². The summed E-state index contributed by atoms with van der Waals surface area (Å²) in [5.41, 5.74) is 2.67. The second kappa shape index (κ2) is 6.94. The van der Waals surface area contributed by atoms with Crippen LogP contribution in [-0.2, 0) is 4.74 Å². The van der Waals surface area contributed by atoms with Crippen LogP contribution in [0.1, 0.15) is 48.5 Å². The van der Waals surface area contributed by atoms with Crippen LogP contribution in [0.2, 0.25) is 0 Å². The predicted molar refractivity (Wildman–Crippen MR) is 85.9 cm³/mol. The summed E-state index contributed by atoms with van der Waals surface area (Å²) < 4.78 is 5.53. The Balaban J connectivity index is 1.95. The van der Waals surface area contributed by atoms with E-state index in [1.165, 1.54) is 6.42 Å². The summed E-state index contributed by atoms with van der Waals surface area (Å²) in [6, 6.07) is 5.88. The Labute approximate surface area is 127 Å². The van der Waals surface area contributed by atoms with E-state index in [0.29, 0.717) is 6.54 Å². The highest BCUT2D eigenvalue weighted by atomic mass is 16.5. The summed E-state index contributed by atoms with van der Waals surface area (Å²) in [5.74, 6) is -0.0159. The highest BCUT2D eigenvalue weighted by Gasteiger charge is 2.37. The van der Waals surface area contributed by atoms with E-state index in [4.69, 9.17) is 4.74 Å². The number of anilines is 1. The maximum Gasteiger partial charge on any atom is 0.251 e. The van der Waals surface area contributed by atoms with Gasteiger partial charge in [0.25, 0.3) is 5.91 Å². The van der Waals surface area contributed by atoms with Crippen LogP contribution in [-0.4, -0.2) is 31.7 Å². The van der Waals surface area contributed by atoms with Crippen LogP contribution in [0.4, 0.5) is 5.69 Å². The largest absolute Gasteiger partial charge is 0.385 e. The molecule has 1 amide bonds. The maximum atomic E-state index is 12.3. The molecule has 0 radical (unpaired) electrons. The number of hydrogen-bond acceptors (Lipinski definition) is 3. The number of methoxy groups -OCH3 is 1. The van der Waals surface area contributed by atoms with Gasteiger partial charge in [-0.15, -0.1) is 0 Å². The monoisotopic (exact) mass is 290 g/mol. The van der Waals surface area contributed by atoms with Gasteiger partial charge in [-0.3, -0.25) is 4.79 Å². The molecule has 0 saturated heterocycles. The van der Waals surface area contributed by atoms with E-state index in [-0.39, 0.29) is 11.5 Å². The molecule has 0 spiro atoms. The summed E-state index contributed by atoms with van der Waals surface area (Å²) in [5, 5.41) is 6.35. The summed E-state index contributed by atoms with van der Waals surface area (Å²) in [4.78, 5) is 12.3. The molecule has 0 atom stereocenters. The molecule has 0 bridgehead atoms. The van der Waals surface area contributed by atoms with Gasteiger partial charge in [0.1, 0.15) is 0 Å². The van der Waals surface area contributed by atoms with Crippen molar-refractivity contribution >= 4 is 11.6 Å². The topological polar surface area (TPSA) is 50.4 Å². The van der Waals surface area contributed by atoms with Gasteiger partial charge in [0, 0.05) is 31.5 Å². The first-order valence-electron chi connectivity index (χ1n) is 7.78. The van der Waals surface area contributed by atoms with Gasteiger partial charge < -0.3 is 15.4 Å². The summed E-state index contributed by atoms with van der Waals surface area (Å²) in [7, 11) is 1.73. The molecule has 2 N–H and O–H groups in total. The van der Waals surface area contributed by atoms with E-state index in [2.05, 4.69) is 17.6 Å². The zero-order valence-corrected chi connectivity index (χ0v) is 13.3. The van der Waals surface area contributed by atoms with Gasteiger partial charge >= 0.3 is 0 Å². The number of rotatable bonds is 7. The molecular formula is C17H26N2O2. The number of aryl methyl sites for hydroxylation is 1. The molecule has 1 saturated carbocycles. The van der Waals surface area contributed by atoms with Crippen LogP contribution >= 0.6 is 0 Å². The number of hydrogen-bond donors (Lipinski definition) is 2. The van der Waals surface area contributed by atoms with Gasteiger partial charge in [-0.05, 0) is 56.4 Å². The fourth-order valence-corrected chi connectivity index (χ4v) is 2.66. The fraction of sp³-hybridized carbons (Fsp3) is 0.588. The highest BCUT2D eigenvalue weighted by molar-refractivity contribution is 5.96. The molecule has 1 aliphatic carbocycles. The van der Waals surface area contributed by atoms with Crippen LogP contribution in [0.3, 0.4) is 0 Å². The molecule has 1 aliphatic rings. The first-order valence-corrected chi connectivity index (χ1v) is 7.78. The van der Waals surface area contributed by atoms with Crippen molar-refractivity contribution in [1.29, 1.82) is 0 Å². The lowest BCUT2D eigenvalue weighted by Gasteiger charge is -2.40. The second-order valence-electron chi connectivity index (χ2n) is 5.88. The minimum atomic E-state index is -0.133. The molecule has 1 aromatic carbocycles. The van der Waals surface area contributed by atoms with Crippen LogP contribution in [0.25, 0.3) is 0 Å². The van der Waals surface area contributed by atoms with Gasteiger partial charge in [-0.25, -0.2) is 0 Å². The van der Waals surface area contributed by atoms with Gasteiger partial charge in [0.05, 0.1) is 5.60 Å². The molecule has 4 nitrogen and oxygen atoms in total. The molecule has 0 unspecified atom stereocenters. The van der Waals surface area contributed by atoms with Crippen molar-refractivity contribution in [3.8, 4) is 0 Å². The number of carbonyl (C=O) groups is 1. The number of nitrogens with one attached hydrogen (secondary N) is 2. The Bertz CT molecular complexity index is 490. The molecule has 0 heterocycles. The second-order valence-corrected chi connectivity index (χ2v) is 5.88. The van der Waals surface area contributed by atoms with E-state index >= 15 is 0 Å². The maximum absolute atomic E-state index is 12.3. The van der Waals surface area contributed by atoms with Crippen LogP contribution in [0.5, 0.6) is 0 Å². The van der Waals surface area contributed by atoms with Crippen molar-refractivity contribution in [2.75, 3.05) is 25.5 Å². The lowest BCUT2D eigenvalue weighted by atomic mass is 9.80. The lowest BCUT2D eigenvalue weighted by molar-refractivity contribution is -0.0679. The summed E-state index contributed by atoms with van der Waals surface area (Å²) >= 11 is 0. The normalized spacial score (nSPS) is 16.1. The third kappa shape index (κ3) is 3.76. The average Bonchev–Trinajstić information content (AvgIpc) is 2.44. The number of ether oxygens (including phenoxy) is 1. The van der Waals surface area contributed by atoms with E-state index in [1.807, 2.05) is 25.1 Å². The Hall–Kier alpha value is -1.55. The SMILES string of the molecule is CCCNc1ccc(C(=O)NCC2(OC)CCC2)c(C)c1. The van der Waals surface area contributed by atoms with Crippen molar-refractivity contribution < 1.29 is 9.53 Å². The first kappa shape index (κ1) is 15.8. The Morgan fingerprint density at radius 2 is 2.14 bits per heavy atom. The summed E-state index contributed by atoms with van der Waals surface area (Å²) in [6.07, 6.45) is 4.33. The standard InChI is InChI=1S/C17H26N2O2/c1-4-10-18-14-6-7-15(13(2)11-14)16(20)19-12-17(21-3)8-5-9-17/h6-7,11,18H,4-5,8-10,12H2,1-3H3,(H,19,20). The number of carbonyl (C=O) groups excluding carboxylic acids is 1. The van der Waals surface area contributed by atoms with Gasteiger partial charge in [-0.1, -0.05) is 6.92 Å². The number of benzene rings is 1. The van der Waals surface area contributed by atoms with Crippen molar-refractivity contribution in [3.63, 3.8) is 0 Å². The minimum absolute atomic E-state index is 0.0159. The van der Waals surface area contributed by atoms with E-state index in [0.717, 1.165) is 42.6 Å².